The number of H-pyrrole nitrogens is 1. The van der Waals surface area contributed by atoms with E-state index in [0.29, 0.717) is 11.1 Å². The number of aromatic nitrogens is 1. The van der Waals surface area contributed by atoms with Crippen molar-refractivity contribution >= 4 is 23.6 Å². The van der Waals surface area contributed by atoms with E-state index in [1.165, 1.54) is 11.8 Å². The predicted molar refractivity (Wildman–Crippen MR) is 108 cm³/mol. The van der Waals surface area contributed by atoms with Crippen LogP contribution in [0.15, 0.2) is 40.0 Å². The fraction of sp³-hybridized carbons (Fsp3) is 0.350. The van der Waals surface area contributed by atoms with Crippen molar-refractivity contribution in [3.8, 4) is 0 Å². The zero-order chi connectivity index (χ0) is 20.0. The van der Waals surface area contributed by atoms with Crippen molar-refractivity contribution in [3.05, 3.63) is 63.1 Å². The van der Waals surface area contributed by atoms with Gasteiger partial charge in [-0.2, -0.15) is 0 Å². The van der Waals surface area contributed by atoms with Gasteiger partial charge < -0.3 is 15.6 Å². The van der Waals surface area contributed by atoms with E-state index in [2.05, 4.69) is 15.6 Å². The van der Waals surface area contributed by atoms with Crippen LogP contribution in [0, 0.1) is 13.8 Å². The lowest BCUT2D eigenvalue weighted by Crippen LogP contribution is -2.31. The number of benzene rings is 1. The molecule has 144 valence electrons. The summed E-state index contributed by atoms with van der Waals surface area (Å²) in [6, 6.07) is 9.08. The van der Waals surface area contributed by atoms with Crippen LogP contribution in [-0.2, 0) is 11.3 Å². The van der Waals surface area contributed by atoms with E-state index in [4.69, 9.17) is 0 Å². The molecule has 1 heterocycles. The molecule has 0 saturated heterocycles. The van der Waals surface area contributed by atoms with Crippen LogP contribution >= 0.6 is 11.8 Å². The SMILES string of the molecule is Cc1cc(C)c(CNC(=O)c2ccccc2SCC(=O)NC(C)C)c(=O)[nH]1. The molecule has 7 heteroatoms. The number of hydrogen-bond acceptors (Lipinski definition) is 4. The van der Waals surface area contributed by atoms with Crippen molar-refractivity contribution in [1.82, 2.24) is 15.6 Å². The monoisotopic (exact) mass is 387 g/mol. The summed E-state index contributed by atoms with van der Waals surface area (Å²) >= 11 is 1.31. The maximum atomic E-state index is 12.6. The number of hydrogen-bond donors (Lipinski definition) is 3. The molecule has 2 aromatic rings. The zero-order valence-electron chi connectivity index (χ0n) is 16.0. The molecule has 0 fully saturated rings. The maximum Gasteiger partial charge on any atom is 0.253 e. The van der Waals surface area contributed by atoms with Gasteiger partial charge in [0.05, 0.1) is 11.3 Å². The Kier molecular flexibility index (Phi) is 7.24. The molecule has 6 nitrogen and oxygen atoms in total. The summed E-state index contributed by atoms with van der Waals surface area (Å²) in [7, 11) is 0. The van der Waals surface area contributed by atoms with Crippen molar-refractivity contribution in [3.63, 3.8) is 0 Å². The minimum Gasteiger partial charge on any atom is -0.353 e. The first-order valence-electron chi connectivity index (χ1n) is 8.76. The third-order valence-corrected chi connectivity index (χ3v) is 4.93. The first-order valence-corrected chi connectivity index (χ1v) is 9.75. The molecule has 0 aliphatic carbocycles. The summed E-state index contributed by atoms with van der Waals surface area (Å²) < 4.78 is 0. The van der Waals surface area contributed by atoms with E-state index in [1.807, 2.05) is 45.9 Å². The van der Waals surface area contributed by atoms with Gasteiger partial charge in [-0.25, -0.2) is 0 Å². The number of carbonyl (C=O) groups is 2. The van der Waals surface area contributed by atoms with Crippen molar-refractivity contribution < 1.29 is 9.59 Å². The van der Waals surface area contributed by atoms with Gasteiger partial charge in [0.25, 0.3) is 11.5 Å². The molecule has 0 radical (unpaired) electrons. The van der Waals surface area contributed by atoms with Gasteiger partial charge in [-0.3, -0.25) is 14.4 Å². The minimum absolute atomic E-state index is 0.0764. The quantitative estimate of drug-likeness (QED) is 0.637. The third-order valence-electron chi connectivity index (χ3n) is 3.86. The standard InChI is InChI=1S/C20H25N3O3S/c1-12(2)22-18(24)11-27-17-8-6-5-7-15(17)19(25)21-10-16-13(3)9-14(4)23-20(16)26/h5-9,12H,10-11H2,1-4H3,(H,21,25)(H,22,24)(H,23,26). The second-order valence-electron chi connectivity index (χ2n) is 6.63. The Labute approximate surface area is 163 Å². The Morgan fingerprint density at radius 1 is 1.19 bits per heavy atom. The van der Waals surface area contributed by atoms with Crippen LogP contribution in [0.5, 0.6) is 0 Å². The summed E-state index contributed by atoms with van der Waals surface area (Å²) in [4.78, 5) is 40.0. The molecule has 3 N–H and O–H groups in total. The Morgan fingerprint density at radius 2 is 1.89 bits per heavy atom. The molecule has 0 saturated carbocycles. The molecular formula is C20H25N3O3S. The minimum atomic E-state index is -0.276. The average Bonchev–Trinajstić information content (AvgIpc) is 2.58. The van der Waals surface area contributed by atoms with Crippen LogP contribution in [0.25, 0.3) is 0 Å². The van der Waals surface area contributed by atoms with Crippen LogP contribution in [-0.4, -0.2) is 28.6 Å². The number of carbonyl (C=O) groups excluding carboxylic acids is 2. The van der Waals surface area contributed by atoms with Crippen LogP contribution in [0.2, 0.25) is 0 Å². The molecule has 0 unspecified atom stereocenters. The second-order valence-corrected chi connectivity index (χ2v) is 7.65. The van der Waals surface area contributed by atoms with Gasteiger partial charge in [0, 0.05) is 28.7 Å². The average molecular weight is 388 g/mol. The Morgan fingerprint density at radius 3 is 2.56 bits per heavy atom. The van der Waals surface area contributed by atoms with Crippen molar-refractivity contribution in [2.45, 2.75) is 45.2 Å². The third kappa shape index (κ3) is 5.99. The summed E-state index contributed by atoms with van der Waals surface area (Å²) in [6.45, 7) is 7.62. The Hall–Kier alpha value is -2.54. The molecule has 0 aliphatic rings. The van der Waals surface area contributed by atoms with Gasteiger partial charge in [-0.15, -0.1) is 11.8 Å². The number of thioether (sulfide) groups is 1. The van der Waals surface area contributed by atoms with Crippen molar-refractivity contribution in [1.29, 1.82) is 0 Å². The molecule has 0 bridgehead atoms. The second kappa shape index (κ2) is 9.41. The highest BCUT2D eigenvalue weighted by atomic mass is 32.2. The molecule has 1 aromatic carbocycles. The molecule has 2 rings (SSSR count). The number of amides is 2. The van der Waals surface area contributed by atoms with E-state index in [-0.39, 0.29) is 35.7 Å². The van der Waals surface area contributed by atoms with Gasteiger partial charge in [0.2, 0.25) is 5.91 Å². The van der Waals surface area contributed by atoms with E-state index < -0.39 is 0 Å². The summed E-state index contributed by atoms with van der Waals surface area (Å²) in [5.74, 6) is -0.118. The number of aryl methyl sites for hydroxylation is 2. The van der Waals surface area contributed by atoms with Crippen LogP contribution in [0.4, 0.5) is 0 Å². The fourth-order valence-electron chi connectivity index (χ4n) is 2.65. The number of pyridine rings is 1. The highest BCUT2D eigenvalue weighted by molar-refractivity contribution is 8.00. The largest absolute Gasteiger partial charge is 0.353 e. The van der Waals surface area contributed by atoms with E-state index in [1.54, 1.807) is 12.1 Å². The summed E-state index contributed by atoms with van der Waals surface area (Å²) in [5.41, 5.74) is 2.45. The first-order chi connectivity index (χ1) is 12.8. The lowest BCUT2D eigenvalue weighted by atomic mass is 10.1. The molecule has 0 aliphatic heterocycles. The van der Waals surface area contributed by atoms with E-state index >= 15 is 0 Å². The van der Waals surface area contributed by atoms with E-state index in [0.717, 1.165) is 16.2 Å². The Balaban J connectivity index is 2.07. The lowest BCUT2D eigenvalue weighted by molar-refractivity contribution is -0.119. The van der Waals surface area contributed by atoms with Gasteiger partial charge in [0.15, 0.2) is 0 Å². The first kappa shape index (κ1) is 20.8. The molecule has 0 atom stereocenters. The van der Waals surface area contributed by atoms with Crippen LogP contribution in [0.3, 0.4) is 0 Å². The summed E-state index contributed by atoms with van der Waals surface area (Å²) in [5, 5.41) is 5.63. The summed E-state index contributed by atoms with van der Waals surface area (Å²) in [6.07, 6.45) is 0. The number of nitrogens with one attached hydrogen (secondary N) is 3. The maximum absolute atomic E-state index is 12.6. The van der Waals surface area contributed by atoms with Gasteiger partial charge in [-0.1, -0.05) is 12.1 Å². The van der Waals surface area contributed by atoms with Crippen molar-refractivity contribution in [2.24, 2.45) is 0 Å². The molecule has 27 heavy (non-hydrogen) atoms. The fourth-order valence-corrected chi connectivity index (χ4v) is 3.51. The normalized spacial score (nSPS) is 10.7. The van der Waals surface area contributed by atoms with Gasteiger partial charge in [0.1, 0.15) is 0 Å². The van der Waals surface area contributed by atoms with Gasteiger partial charge in [-0.05, 0) is 51.5 Å². The van der Waals surface area contributed by atoms with E-state index in [9.17, 15) is 14.4 Å². The number of aromatic amines is 1. The number of rotatable bonds is 7. The highest BCUT2D eigenvalue weighted by Gasteiger charge is 2.14. The predicted octanol–water partition coefficient (Wildman–Crippen LogP) is 2.54. The Bertz CT molecular complexity index is 890. The molecule has 1 aromatic heterocycles. The molecular weight excluding hydrogens is 362 g/mol. The van der Waals surface area contributed by atoms with Crippen LogP contribution < -0.4 is 16.2 Å². The topological polar surface area (TPSA) is 91.1 Å². The van der Waals surface area contributed by atoms with Crippen molar-refractivity contribution in [2.75, 3.05) is 5.75 Å². The molecule has 2 amide bonds. The van der Waals surface area contributed by atoms with Crippen LogP contribution in [0.1, 0.15) is 41.0 Å². The smallest absolute Gasteiger partial charge is 0.253 e. The van der Waals surface area contributed by atoms with Gasteiger partial charge >= 0.3 is 0 Å². The zero-order valence-corrected chi connectivity index (χ0v) is 16.8. The highest BCUT2D eigenvalue weighted by Crippen LogP contribution is 2.22. The lowest BCUT2D eigenvalue weighted by Gasteiger charge is -2.12. The molecule has 0 spiro atoms.